The highest BCUT2D eigenvalue weighted by Gasteiger charge is 2.24. The summed E-state index contributed by atoms with van der Waals surface area (Å²) in [5, 5.41) is 14.5. The van der Waals surface area contributed by atoms with Gasteiger partial charge in [-0.2, -0.15) is 5.10 Å². The summed E-state index contributed by atoms with van der Waals surface area (Å²) in [6.07, 6.45) is 1.32. The van der Waals surface area contributed by atoms with Gasteiger partial charge in [0.25, 0.3) is 0 Å². The molecular formula is C12H21ClN2O. The lowest BCUT2D eigenvalue weighted by molar-refractivity contribution is 0.129. The second kappa shape index (κ2) is 4.76. The normalized spacial score (nSPS) is 14.2. The third-order valence-electron chi connectivity index (χ3n) is 2.77. The zero-order valence-electron chi connectivity index (χ0n) is 10.7. The van der Waals surface area contributed by atoms with E-state index in [0.29, 0.717) is 5.15 Å². The molecule has 0 aliphatic rings. The molecule has 1 unspecified atom stereocenters. The lowest BCUT2D eigenvalue weighted by Gasteiger charge is -2.26. The van der Waals surface area contributed by atoms with Gasteiger partial charge >= 0.3 is 0 Å². The first-order valence-corrected chi connectivity index (χ1v) is 5.97. The van der Waals surface area contributed by atoms with Gasteiger partial charge in [-0.1, -0.05) is 25.4 Å². The van der Waals surface area contributed by atoms with Gasteiger partial charge in [-0.3, -0.25) is 4.68 Å². The van der Waals surface area contributed by atoms with Crippen LogP contribution in [0, 0.1) is 12.3 Å². The fourth-order valence-electron chi connectivity index (χ4n) is 2.23. The van der Waals surface area contributed by atoms with Crippen LogP contribution in [0.3, 0.4) is 0 Å². The van der Waals surface area contributed by atoms with E-state index in [0.717, 1.165) is 24.1 Å². The Kier molecular flexibility index (Phi) is 4.02. The maximum atomic E-state index is 9.46. The van der Waals surface area contributed by atoms with E-state index in [4.69, 9.17) is 11.6 Å². The van der Waals surface area contributed by atoms with Crippen molar-refractivity contribution in [3.05, 3.63) is 16.4 Å². The van der Waals surface area contributed by atoms with Crippen molar-refractivity contribution in [2.45, 2.75) is 46.6 Å². The number of aryl methyl sites for hydroxylation is 2. The van der Waals surface area contributed by atoms with Crippen LogP contribution in [0.4, 0.5) is 0 Å². The van der Waals surface area contributed by atoms with Crippen molar-refractivity contribution in [3.8, 4) is 0 Å². The molecule has 0 aliphatic carbocycles. The van der Waals surface area contributed by atoms with Gasteiger partial charge in [0.15, 0.2) is 0 Å². The molecule has 0 amide bonds. The molecule has 0 saturated heterocycles. The summed E-state index contributed by atoms with van der Waals surface area (Å²) in [4.78, 5) is 0. The van der Waals surface area contributed by atoms with Gasteiger partial charge in [0, 0.05) is 12.6 Å². The van der Waals surface area contributed by atoms with Crippen LogP contribution >= 0.6 is 11.6 Å². The van der Waals surface area contributed by atoms with Gasteiger partial charge in [-0.15, -0.1) is 0 Å². The van der Waals surface area contributed by atoms with Gasteiger partial charge in [0.2, 0.25) is 0 Å². The molecule has 1 N–H and O–H groups in total. The molecule has 3 nitrogen and oxygen atoms in total. The summed E-state index contributed by atoms with van der Waals surface area (Å²) >= 11 is 6.19. The second-order valence-electron chi connectivity index (χ2n) is 5.37. The molecule has 1 aromatic rings. The maximum absolute atomic E-state index is 9.46. The highest BCUT2D eigenvalue weighted by molar-refractivity contribution is 6.30. The fraction of sp³-hybridized carbons (Fsp3) is 0.750. The summed E-state index contributed by atoms with van der Waals surface area (Å²) in [6.45, 7) is 8.07. The molecule has 1 aromatic heterocycles. The molecule has 0 fully saturated rings. The molecule has 0 aliphatic heterocycles. The summed E-state index contributed by atoms with van der Waals surface area (Å²) in [7, 11) is 1.85. The molecule has 1 heterocycles. The van der Waals surface area contributed by atoms with Crippen molar-refractivity contribution in [3.63, 3.8) is 0 Å². The first-order chi connectivity index (χ1) is 7.23. The van der Waals surface area contributed by atoms with Crippen LogP contribution in [0.5, 0.6) is 0 Å². The van der Waals surface area contributed by atoms with Crippen molar-refractivity contribution in [1.82, 2.24) is 9.78 Å². The summed E-state index contributed by atoms with van der Waals surface area (Å²) < 4.78 is 1.70. The number of aliphatic hydroxyl groups excluding tert-OH is 1. The van der Waals surface area contributed by atoms with Crippen LogP contribution in [0.1, 0.15) is 38.4 Å². The first kappa shape index (κ1) is 13.5. The average molecular weight is 245 g/mol. The zero-order chi connectivity index (χ0) is 12.5. The van der Waals surface area contributed by atoms with Crippen LogP contribution in [0.25, 0.3) is 0 Å². The summed E-state index contributed by atoms with van der Waals surface area (Å²) in [5.41, 5.74) is 2.10. The SMILES string of the molecule is Cc1nn(C)c(Cl)c1CC(C)(C)CC(C)O. The Morgan fingerprint density at radius 1 is 1.50 bits per heavy atom. The molecular weight excluding hydrogens is 224 g/mol. The summed E-state index contributed by atoms with van der Waals surface area (Å²) in [5.74, 6) is 0. The minimum absolute atomic E-state index is 0.0333. The Hall–Kier alpha value is -0.540. The number of aliphatic hydroxyl groups is 1. The molecule has 0 spiro atoms. The fourth-order valence-corrected chi connectivity index (χ4v) is 2.47. The average Bonchev–Trinajstić information content (AvgIpc) is 2.29. The van der Waals surface area contributed by atoms with Crippen molar-refractivity contribution in [2.24, 2.45) is 12.5 Å². The minimum atomic E-state index is -0.286. The van der Waals surface area contributed by atoms with Crippen molar-refractivity contribution >= 4 is 11.6 Å². The van der Waals surface area contributed by atoms with Crippen LogP contribution in [0.2, 0.25) is 5.15 Å². The minimum Gasteiger partial charge on any atom is -0.393 e. The number of nitrogens with zero attached hydrogens (tertiary/aromatic N) is 2. The smallest absolute Gasteiger partial charge is 0.130 e. The number of hydrogen-bond donors (Lipinski definition) is 1. The molecule has 4 heteroatoms. The highest BCUT2D eigenvalue weighted by atomic mass is 35.5. The third-order valence-corrected chi connectivity index (χ3v) is 3.25. The molecule has 16 heavy (non-hydrogen) atoms. The van der Waals surface area contributed by atoms with E-state index in [-0.39, 0.29) is 11.5 Å². The Labute approximate surface area is 102 Å². The van der Waals surface area contributed by atoms with E-state index in [1.54, 1.807) is 4.68 Å². The zero-order valence-corrected chi connectivity index (χ0v) is 11.5. The van der Waals surface area contributed by atoms with E-state index in [9.17, 15) is 5.11 Å². The number of rotatable bonds is 4. The van der Waals surface area contributed by atoms with Gasteiger partial charge in [-0.05, 0) is 32.1 Å². The monoisotopic (exact) mass is 244 g/mol. The Morgan fingerprint density at radius 2 is 2.06 bits per heavy atom. The van der Waals surface area contributed by atoms with Gasteiger partial charge in [0.05, 0.1) is 11.8 Å². The molecule has 92 valence electrons. The molecule has 0 radical (unpaired) electrons. The Morgan fingerprint density at radius 3 is 2.44 bits per heavy atom. The summed E-state index contributed by atoms with van der Waals surface area (Å²) in [6, 6.07) is 0. The lowest BCUT2D eigenvalue weighted by Crippen LogP contribution is -2.21. The Bertz CT molecular complexity index is 369. The van der Waals surface area contributed by atoms with Crippen molar-refractivity contribution in [1.29, 1.82) is 0 Å². The van der Waals surface area contributed by atoms with E-state index in [1.165, 1.54) is 0 Å². The van der Waals surface area contributed by atoms with Crippen LogP contribution in [-0.2, 0) is 13.5 Å². The van der Waals surface area contributed by atoms with E-state index >= 15 is 0 Å². The number of hydrogen-bond acceptors (Lipinski definition) is 2. The Balaban J connectivity index is 2.87. The van der Waals surface area contributed by atoms with Gasteiger partial charge < -0.3 is 5.11 Å². The molecule has 0 bridgehead atoms. The quantitative estimate of drug-likeness (QED) is 0.885. The predicted octanol–water partition coefficient (Wildman–Crippen LogP) is 2.72. The molecule has 1 rings (SSSR count). The van der Waals surface area contributed by atoms with Gasteiger partial charge in [0.1, 0.15) is 5.15 Å². The van der Waals surface area contributed by atoms with Crippen molar-refractivity contribution in [2.75, 3.05) is 0 Å². The molecule has 0 saturated carbocycles. The maximum Gasteiger partial charge on any atom is 0.130 e. The number of halogens is 1. The number of aromatic nitrogens is 2. The largest absolute Gasteiger partial charge is 0.393 e. The van der Waals surface area contributed by atoms with Crippen molar-refractivity contribution < 1.29 is 5.11 Å². The molecule has 1 atom stereocenters. The van der Waals surface area contributed by atoms with E-state index in [2.05, 4.69) is 18.9 Å². The third kappa shape index (κ3) is 3.22. The predicted molar refractivity (Wildman–Crippen MR) is 66.7 cm³/mol. The van der Waals surface area contributed by atoms with Crippen LogP contribution in [-0.4, -0.2) is 21.0 Å². The second-order valence-corrected chi connectivity index (χ2v) is 5.73. The van der Waals surface area contributed by atoms with Gasteiger partial charge in [-0.25, -0.2) is 0 Å². The lowest BCUT2D eigenvalue weighted by atomic mass is 9.81. The molecule has 0 aromatic carbocycles. The first-order valence-electron chi connectivity index (χ1n) is 5.59. The van der Waals surface area contributed by atoms with E-state index in [1.807, 2.05) is 20.9 Å². The standard InChI is InChI=1S/C12H21ClN2O/c1-8(16)6-12(3,4)7-10-9(2)14-15(5)11(10)13/h8,16H,6-7H2,1-5H3. The highest BCUT2D eigenvalue weighted by Crippen LogP contribution is 2.31. The van der Waals surface area contributed by atoms with Crippen LogP contribution < -0.4 is 0 Å². The van der Waals surface area contributed by atoms with E-state index < -0.39 is 0 Å². The van der Waals surface area contributed by atoms with Crippen LogP contribution in [0.15, 0.2) is 0 Å². The topological polar surface area (TPSA) is 38.0 Å².